The zero-order chi connectivity index (χ0) is 12.1. The lowest BCUT2D eigenvalue weighted by molar-refractivity contribution is -0.148. The zero-order valence-corrected chi connectivity index (χ0v) is 10.2. The molecule has 1 saturated heterocycles. The van der Waals surface area contributed by atoms with E-state index in [1.807, 2.05) is 18.2 Å². The molecule has 0 aromatic heterocycles. The van der Waals surface area contributed by atoms with Crippen LogP contribution in [0.4, 0.5) is 0 Å². The lowest BCUT2D eigenvalue weighted by Crippen LogP contribution is -2.42. The molecular formula is C14H19NO2. The van der Waals surface area contributed by atoms with E-state index < -0.39 is 0 Å². The molecular weight excluding hydrogens is 214 g/mol. The number of rotatable bonds is 3. The van der Waals surface area contributed by atoms with Gasteiger partial charge in [0.05, 0.1) is 13.0 Å². The maximum Gasteiger partial charge on any atom is 0.310 e. The Balaban J connectivity index is 2.04. The van der Waals surface area contributed by atoms with Gasteiger partial charge in [-0.1, -0.05) is 30.3 Å². The third-order valence-electron chi connectivity index (χ3n) is 3.47. The summed E-state index contributed by atoms with van der Waals surface area (Å²) in [6.07, 6.45) is 2.00. The smallest absolute Gasteiger partial charge is 0.310 e. The van der Waals surface area contributed by atoms with E-state index in [9.17, 15) is 4.79 Å². The molecule has 17 heavy (non-hydrogen) atoms. The van der Waals surface area contributed by atoms with Gasteiger partial charge in [0.2, 0.25) is 0 Å². The molecule has 3 nitrogen and oxygen atoms in total. The van der Waals surface area contributed by atoms with Crippen molar-refractivity contribution >= 4 is 5.97 Å². The molecule has 2 rings (SSSR count). The fourth-order valence-corrected chi connectivity index (χ4v) is 2.50. The van der Waals surface area contributed by atoms with E-state index in [1.165, 1.54) is 12.7 Å². The van der Waals surface area contributed by atoms with Crippen molar-refractivity contribution in [3.05, 3.63) is 35.9 Å². The first-order valence-electron chi connectivity index (χ1n) is 6.13. The van der Waals surface area contributed by atoms with Crippen molar-refractivity contribution in [2.24, 2.45) is 11.8 Å². The van der Waals surface area contributed by atoms with Crippen molar-refractivity contribution in [1.29, 1.82) is 0 Å². The Morgan fingerprint density at radius 3 is 2.88 bits per heavy atom. The molecule has 2 atom stereocenters. The van der Waals surface area contributed by atoms with Crippen LogP contribution in [0.5, 0.6) is 0 Å². The van der Waals surface area contributed by atoms with Gasteiger partial charge in [-0.15, -0.1) is 0 Å². The first-order chi connectivity index (χ1) is 8.31. The summed E-state index contributed by atoms with van der Waals surface area (Å²) in [7, 11) is 1.47. The molecule has 1 aromatic rings. The molecule has 1 N–H and O–H groups in total. The Kier molecular flexibility index (Phi) is 4.15. The van der Waals surface area contributed by atoms with Crippen molar-refractivity contribution in [3.8, 4) is 0 Å². The van der Waals surface area contributed by atoms with Crippen LogP contribution >= 0.6 is 0 Å². The molecule has 0 aliphatic carbocycles. The lowest BCUT2D eigenvalue weighted by Gasteiger charge is -2.30. The third-order valence-corrected chi connectivity index (χ3v) is 3.47. The van der Waals surface area contributed by atoms with Gasteiger partial charge in [0.1, 0.15) is 0 Å². The van der Waals surface area contributed by atoms with Crippen LogP contribution in [-0.2, 0) is 16.0 Å². The summed E-state index contributed by atoms with van der Waals surface area (Å²) < 4.78 is 4.88. The van der Waals surface area contributed by atoms with E-state index >= 15 is 0 Å². The largest absolute Gasteiger partial charge is 0.469 e. The van der Waals surface area contributed by atoms with Crippen molar-refractivity contribution in [2.45, 2.75) is 12.8 Å². The van der Waals surface area contributed by atoms with Gasteiger partial charge in [0.25, 0.3) is 0 Å². The Morgan fingerprint density at radius 2 is 2.18 bits per heavy atom. The second-order valence-corrected chi connectivity index (χ2v) is 4.57. The lowest BCUT2D eigenvalue weighted by atomic mass is 9.82. The number of hydrogen-bond donors (Lipinski definition) is 1. The highest BCUT2D eigenvalue weighted by molar-refractivity contribution is 5.73. The van der Waals surface area contributed by atoms with Crippen LogP contribution in [0.1, 0.15) is 12.0 Å². The fourth-order valence-electron chi connectivity index (χ4n) is 2.50. The minimum absolute atomic E-state index is 0.00560. The summed E-state index contributed by atoms with van der Waals surface area (Å²) in [6.45, 7) is 1.73. The number of methoxy groups -OCH3 is 1. The number of piperidine rings is 1. The van der Waals surface area contributed by atoms with E-state index in [1.54, 1.807) is 0 Å². The van der Waals surface area contributed by atoms with Gasteiger partial charge in [0.15, 0.2) is 0 Å². The van der Waals surface area contributed by atoms with Crippen LogP contribution < -0.4 is 5.32 Å². The van der Waals surface area contributed by atoms with Gasteiger partial charge < -0.3 is 10.1 Å². The second kappa shape index (κ2) is 5.82. The van der Waals surface area contributed by atoms with E-state index in [0.29, 0.717) is 5.92 Å². The van der Waals surface area contributed by atoms with Crippen LogP contribution in [0.3, 0.4) is 0 Å². The normalized spacial score (nSPS) is 24.3. The van der Waals surface area contributed by atoms with Crippen LogP contribution in [-0.4, -0.2) is 26.2 Å². The molecule has 0 bridgehead atoms. The third kappa shape index (κ3) is 3.07. The number of hydrogen-bond acceptors (Lipinski definition) is 3. The average Bonchev–Trinajstić information content (AvgIpc) is 2.40. The van der Waals surface area contributed by atoms with Gasteiger partial charge in [-0.05, 0) is 30.9 Å². The monoisotopic (exact) mass is 233 g/mol. The molecule has 1 aromatic carbocycles. The van der Waals surface area contributed by atoms with Gasteiger partial charge in [0, 0.05) is 6.54 Å². The minimum atomic E-state index is -0.0851. The summed E-state index contributed by atoms with van der Waals surface area (Å²) in [6, 6.07) is 10.4. The molecule has 0 radical (unpaired) electrons. The van der Waals surface area contributed by atoms with Crippen LogP contribution in [0, 0.1) is 11.8 Å². The number of nitrogens with one attached hydrogen (secondary N) is 1. The molecule has 0 saturated carbocycles. The average molecular weight is 233 g/mol. The second-order valence-electron chi connectivity index (χ2n) is 4.57. The first kappa shape index (κ1) is 12.1. The number of carbonyl (C=O) groups excluding carboxylic acids is 1. The SMILES string of the molecule is COC(=O)[C@H]1CNCC[C@@H]1Cc1ccccc1. The van der Waals surface area contributed by atoms with Gasteiger partial charge >= 0.3 is 5.97 Å². The highest BCUT2D eigenvalue weighted by Gasteiger charge is 2.31. The molecule has 3 heteroatoms. The van der Waals surface area contributed by atoms with E-state index in [4.69, 9.17) is 4.74 Å². The van der Waals surface area contributed by atoms with Gasteiger partial charge in [-0.2, -0.15) is 0 Å². The fraction of sp³-hybridized carbons (Fsp3) is 0.500. The van der Waals surface area contributed by atoms with Gasteiger partial charge in [-0.25, -0.2) is 0 Å². The Morgan fingerprint density at radius 1 is 1.41 bits per heavy atom. The molecule has 92 valence electrons. The van der Waals surface area contributed by atoms with Crippen molar-refractivity contribution < 1.29 is 9.53 Å². The summed E-state index contributed by atoms with van der Waals surface area (Å²) >= 11 is 0. The number of carbonyl (C=O) groups is 1. The van der Waals surface area contributed by atoms with E-state index in [0.717, 1.165) is 25.9 Å². The number of ether oxygens (including phenoxy) is 1. The maximum atomic E-state index is 11.7. The summed E-state index contributed by atoms with van der Waals surface area (Å²) in [5.41, 5.74) is 1.30. The molecule has 0 amide bonds. The predicted octanol–water partition coefficient (Wildman–Crippen LogP) is 1.63. The van der Waals surface area contributed by atoms with Gasteiger partial charge in [-0.3, -0.25) is 4.79 Å². The predicted molar refractivity (Wildman–Crippen MR) is 66.6 cm³/mol. The summed E-state index contributed by atoms with van der Waals surface area (Å²) in [4.78, 5) is 11.7. The highest BCUT2D eigenvalue weighted by atomic mass is 16.5. The molecule has 0 unspecified atom stereocenters. The van der Waals surface area contributed by atoms with E-state index in [-0.39, 0.29) is 11.9 Å². The standard InChI is InChI=1S/C14H19NO2/c1-17-14(16)13-10-15-8-7-12(13)9-11-5-3-2-4-6-11/h2-6,12-13,15H,7-10H2,1H3/t12-,13+/m1/s1. The Hall–Kier alpha value is -1.35. The minimum Gasteiger partial charge on any atom is -0.469 e. The summed E-state index contributed by atoms with van der Waals surface area (Å²) in [5.74, 6) is 0.304. The van der Waals surface area contributed by atoms with Crippen LogP contribution in [0.25, 0.3) is 0 Å². The quantitative estimate of drug-likeness (QED) is 0.806. The molecule has 1 fully saturated rings. The topological polar surface area (TPSA) is 38.3 Å². The molecule has 1 heterocycles. The van der Waals surface area contributed by atoms with Crippen molar-refractivity contribution in [1.82, 2.24) is 5.32 Å². The molecule has 0 spiro atoms. The summed E-state index contributed by atoms with van der Waals surface area (Å²) in [5, 5.41) is 3.26. The Labute approximate surface area is 102 Å². The van der Waals surface area contributed by atoms with Crippen molar-refractivity contribution in [2.75, 3.05) is 20.2 Å². The van der Waals surface area contributed by atoms with Crippen LogP contribution in [0.15, 0.2) is 30.3 Å². The first-order valence-corrected chi connectivity index (χ1v) is 6.13. The highest BCUT2D eigenvalue weighted by Crippen LogP contribution is 2.24. The van der Waals surface area contributed by atoms with Crippen LogP contribution in [0.2, 0.25) is 0 Å². The maximum absolute atomic E-state index is 11.7. The number of esters is 1. The zero-order valence-electron chi connectivity index (χ0n) is 10.2. The molecule has 1 aliphatic heterocycles. The number of benzene rings is 1. The van der Waals surface area contributed by atoms with Crippen molar-refractivity contribution in [3.63, 3.8) is 0 Å². The Bertz CT molecular complexity index is 364. The van der Waals surface area contributed by atoms with E-state index in [2.05, 4.69) is 17.4 Å². The molecule has 1 aliphatic rings.